The van der Waals surface area contributed by atoms with Crippen LogP contribution < -0.4 is 10.2 Å². The van der Waals surface area contributed by atoms with Gasteiger partial charge in [0.25, 0.3) is 11.7 Å². The number of halogens is 1. The van der Waals surface area contributed by atoms with Gasteiger partial charge in [0.15, 0.2) is 0 Å². The molecule has 2 amide bonds. The molecule has 1 N–H and O–H groups in total. The fourth-order valence-corrected chi connectivity index (χ4v) is 1.83. The van der Waals surface area contributed by atoms with E-state index < -0.39 is 17.5 Å². The standard InChI is InChI=1S/C12H11FN2O3/c1-14-10(16)4-5-15-9-3-2-7(13)6-8(9)11(17)12(15)18/h2-3,6H,4-5H2,1H3,(H,14,16). The quantitative estimate of drug-likeness (QED) is 0.794. The molecule has 1 aliphatic heterocycles. The van der Waals surface area contributed by atoms with Crippen molar-refractivity contribution >= 4 is 23.3 Å². The summed E-state index contributed by atoms with van der Waals surface area (Å²) in [4.78, 5) is 35.6. The van der Waals surface area contributed by atoms with Crippen molar-refractivity contribution in [3.05, 3.63) is 29.6 Å². The predicted molar refractivity (Wildman–Crippen MR) is 61.8 cm³/mol. The fraction of sp³-hybridized carbons (Fsp3) is 0.250. The molecule has 0 bridgehead atoms. The van der Waals surface area contributed by atoms with E-state index in [1.165, 1.54) is 24.1 Å². The maximum Gasteiger partial charge on any atom is 0.299 e. The van der Waals surface area contributed by atoms with Gasteiger partial charge in [0.2, 0.25) is 5.91 Å². The van der Waals surface area contributed by atoms with Gasteiger partial charge in [-0.3, -0.25) is 14.4 Å². The molecule has 94 valence electrons. The van der Waals surface area contributed by atoms with Crippen molar-refractivity contribution < 1.29 is 18.8 Å². The Labute approximate surface area is 103 Å². The van der Waals surface area contributed by atoms with Gasteiger partial charge in [-0.15, -0.1) is 0 Å². The first-order valence-electron chi connectivity index (χ1n) is 5.41. The summed E-state index contributed by atoms with van der Waals surface area (Å²) in [7, 11) is 1.49. The van der Waals surface area contributed by atoms with Gasteiger partial charge in [0.05, 0.1) is 11.3 Å². The SMILES string of the molecule is CNC(=O)CCN1C(=O)C(=O)c2cc(F)ccc21. The number of carbonyl (C=O) groups is 3. The van der Waals surface area contributed by atoms with E-state index >= 15 is 0 Å². The van der Waals surface area contributed by atoms with Gasteiger partial charge in [0.1, 0.15) is 5.82 Å². The third-order valence-electron chi connectivity index (χ3n) is 2.77. The Morgan fingerprint density at radius 2 is 2.11 bits per heavy atom. The summed E-state index contributed by atoms with van der Waals surface area (Å²) in [6.45, 7) is 0.100. The average Bonchev–Trinajstić information content (AvgIpc) is 2.60. The number of amides is 2. The minimum atomic E-state index is -0.735. The lowest BCUT2D eigenvalue weighted by Crippen LogP contribution is -2.33. The van der Waals surface area contributed by atoms with Crippen LogP contribution in [0.25, 0.3) is 0 Å². The molecule has 18 heavy (non-hydrogen) atoms. The van der Waals surface area contributed by atoms with Crippen LogP contribution in [0.3, 0.4) is 0 Å². The van der Waals surface area contributed by atoms with Crippen LogP contribution in [0.2, 0.25) is 0 Å². The molecule has 0 fully saturated rings. The average molecular weight is 250 g/mol. The summed E-state index contributed by atoms with van der Waals surface area (Å²) in [6, 6.07) is 3.59. The molecule has 0 aliphatic carbocycles. The molecular weight excluding hydrogens is 239 g/mol. The predicted octanol–water partition coefficient (Wildman–Crippen LogP) is 0.491. The number of nitrogens with zero attached hydrogens (tertiary/aromatic N) is 1. The molecule has 0 spiro atoms. The summed E-state index contributed by atoms with van der Waals surface area (Å²) < 4.78 is 13.0. The first-order valence-corrected chi connectivity index (χ1v) is 5.41. The molecule has 0 unspecified atom stereocenters. The maximum atomic E-state index is 13.0. The van der Waals surface area contributed by atoms with Crippen molar-refractivity contribution in [1.29, 1.82) is 0 Å². The number of Topliss-reactive ketones (excluding diaryl/α,β-unsaturated/α-hetero) is 1. The second-order valence-corrected chi connectivity index (χ2v) is 3.87. The third kappa shape index (κ3) is 1.97. The number of carbonyl (C=O) groups excluding carboxylic acids is 3. The smallest absolute Gasteiger partial charge is 0.299 e. The van der Waals surface area contributed by atoms with Gasteiger partial charge in [-0.1, -0.05) is 0 Å². The van der Waals surface area contributed by atoms with E-state index in [-0.39, 0.29) is 24.4 Å². The van der Waals surface area contributed by atoms with Gasteiger partial charge in [-0.2, -0.15) is 0 Å². The Bertz CT molecular complexity index is 542. The van der Waals surface area contributed by atoms with E-state index in [1.54, 1.807) is 0 Å². The number of benzene rings is 1. The van der Waals surface area contributed by atoms with E-state index in [9.17, 15) is 18.8 Å². The largest absolute Gasteiger partial charge is 0.359 e. The summed E-state index contributed by atoms with van der Waals surface area (Å²) in [5, 5.41) is 2.43. The van der Waals surface area contributed by atoms with Gasteiger partial charge >= 0.3 is 0 Å². The molecule has 1 heterocycles. The van der Waals surface area contributed by atoms with Crippen molar-refractivity contribution in [3.8, 4) is 0 Å². The van der Waals surface area contributed by atoms with Crippen LogP contribution in [0.1, 0.15) is 16.8 Å². The summed E-state index contributed by atoms with van der Waals surface area (Å²) in [5.41, 5.74) is 0.409. The van der Waals surface area contributed by atoms with Crippen molar-refractivity contribution in [2.45, 2.75) is 6.42 Å². The number of hydrogen-bond acceptors (Lipinski definition) is 3. The second-order valence-electron chi connectivity index (χ2n) is 3.87. The normalized spacial score (nSPS) is 13.8. The minimum Gasteiger partial charge on any atom is -0.359 e. The minimum absolute atomic E-state index is 0.0527. The molecule has 1 aromatic carbocycles. The van der Waals surface area contributed by atoms with Crippen LogP contribution in [0.5, 0.6) is 0 Å². The molecule has 0 atom stereocenters. The van der Waals surface area contributed by atoms with E-state index in [2.05, 4.69) is 5.32 Å². The van der Waals surface area contributed by atoms with Gasteiger partial charge in [-0.25, -0.2) is 4.39 Å². The number of rotatable bonds is 3. The van der Waals surface area contributed by atoms with Crippen molar-refractivity contribution in [3.63, 3.8) is 0 Å². The number of ketones is 1. The van der Waals surface area contributed by atoms with Gasteiger partial charge in [-0.05, 0) is 18.2 Å². The van der Waals surface area contributed by atoms with Crippen LogP contribution in [0.15, 0.2) is 18.2 Å². The molecule has 0 saturated heterocycles. The van der Waals surface area contributed by atoms with Crippen LogP contribution in [0, 0.1) is 5.82 Å². The Morgan fingerprint density at radius 1 is 1.39 bits per heavy atom. The highest BCUT2D eigenvalue weighted by Gasteiger charge is 2.35. The Morgan fingerprint density at radius 3 is 2.78 bits per heavy atom. The lowest BCUT2D eigenvalue weighted by atomic mass is 10.1. The van der Waals surface area contributed by atoms with E-state index in [0.717, 1.165) is 6.07 Å². The maximum absolute atomic E-state index is 13.0. The summed E-state index contributed by atoms with van der Waals surface area (Å²) in [6.07, 6.45) is 0.0896. The first-order chi connectivity index (χ1) is 8.54. The molecule has 0 radical (unpaired) electrons. The molecule has 2 rings (SSSR count). The zero-order chi connectivity index (χ0) is 13.3. The second kappa shape index (κ2) is 4.56. The van der Waals surface area contributed by atoms with Crippen molar-refractivity contribution in [2.75, 3.05) is 18.5 Å². The summed E-state index contributed by atoms with van der Waals surface area (Å²) in [5.74, 6) is -2.25. The number of nitrogens with one attached hydrogen (secondary N) is 1. The monoisotopic (exact) mass is 250 g/mol. The lowest BCUT2D eigenvalue weighted by Gasteiger charge is -2.15. The molecule has 0 saturated carbocycles. The number of anilines is 1. The van der Waals surface area contributed by atoms with Crippen molar-refractivity contribution in [1.82, 2.24) is 5.32 Å². The number of hydrogen-bond donors (Lipinski definition) is 1. The van der Waals surface area contributed by atoms with Crippen LogP contribution in [-0.4, -0.2) is 31.2 Å². The number of fused-ring (bicyclic) bond motifs is 1. The highest BCUT2D eigenvalue weighted by molar-refractivity contribution is 6.52. The van der Waals surface area contributed by atoms with Crippen molar-refractivity contribution in [2.24, 2.45) is 0 Å². The molecule has 1 aromatic rings. The zero-order valence-corrected chi connectivity index (χ0v) is 9.70. The van der Waals surface area contributed by atoms with E-state index in [4.69, 9.17) is 0 Å². The van der Waals surface area contributed by atoms with Crippen LogP contribution in [-0.2, 0) is 9.59 Å². The van der Waals surface area contributed by atoms with Crippen LogP contribution >= 0.6 is 0 Å². The molecule has 0 aromatic heterocycles. The molecular formula is C12H11FN2O3. The molecule has 6 heteroatoms. The zero-order valence-electron chi connectivity index (χ0n) is 9.70. The third-order valence-corrected chi connectivity index (χ3v) is 2.77. The molecule has 5 nitrogen and oxygen atoms in total. The van der Waals surface area contributed by atoms with E-state index in [0.29, 0.717) is 5.69 Å². The highest BCUT2D eigenvalue weighted by atomic mass is 19.1. The highest BCUT2D eigenvalue weighted by Crippen LogP contribution is 2.29. The van der Waals surface area contributed by atoms with E-state index in [1.807, 2.05) is 0 Å². The van der Waals surface area contributed by atoms with Crippen LogP contribution in [0.4, 0.5) is 10.1 Å². The lowest BCUT2D eigenvalue weighted by molar-refractivity contribution is -0.120. The first kappa shape index (κ1) is 12.2. The van der Waals surface area contributed by atoms with Gasteiger partial charge in [0, 0.05) is 20.0 Å². The molecule has 1 aliphatic rings. The topological polar surface area (TPSA) is 66.5 Å². The Balaban J connectivity index is 2.26. The fourth-order valence-electron chi connectivity index (χ4n) is 1.83. The summed E-state index contributed by atoms with van der Waals surface area (Å²) >= 11 is 0. The van der Waals surface area contributed by atoms with Gasteiger partial charge < -0.3 is 10.2 Å². The Hall–Kier alpha value is -2.24. The Kier molecular flexibility index (Phi) is 3.10.